The lowest BCUT2D eigenvalue weighted by molar-refractivity contribution is -0.178. The van der Waals surface area contributed by atoms with E-state index in [-0.39, 0.29) is 18.5 Å². The first kappa shape index (κ1) is 23.3. The fourth-order valence-electron chi connectivity index (χ4n) is 2.45. The van der Waals surface area contributed by atoms with Gasteiger partial charge in [0.05, 0.1) is 0 Å². The number of esters is 2. The lowest BCUT2D eigenvalue weighted by atomic mass is 10.0. The Morgan fingerprint density at radius 1 is 1.25 bits per heavy atom. The van der Waals surface area contributed by atoms with Gasteiger partial charge in [-0.05, 0) is 13.0 Å². The van der Waals surface area contributed by atoms with Gasteiger partial charge in [-0.3, -0.25) is 14.5 Å². The number of carbonyl (C=O) groups is 3. The van der Waals surface area contributed by atoms with Crippen molar-refractivity contribution in [1.29, 1.82) is 0 Å². The number of halogens is 2. The first-order valence-electron chi connectivity index (χ1n) is 8.58. The molecule has 0 aliphatic carbocycles. The third kappa shape index (κ3) is 5.41. The molecule has 9 nitrogen and oxygen atoms in total. The number of primary amides is 1. The fourth-order valence-corrected chi connectivity index (χ4v) is 2.45. The van der Waals surface area contributed by atoms with E-state index in [1.165, 1.54) is 20.8 Å². The minimum Gasteiger partial charge on any atom is -0.460 e. The molecule has 28 heavy (non-hydrogen) atoms. The van der Waals surface area contributed by atoms with Crippen LogP contribution in [0.4, 0.5) is 13.6 Å². The summed E-state index contributed by atoms with van der Waals surface area (Å²) in [7, 11) is 0. The zero-order valence-electron chi connectivity index (χ0n) is 15.9. The zero-order valence-corrected chi connectivity index (χ0v) is 15.9. The Bertz CT molecular complexity index is 655. The summed E-state index contributed by atoms with van der Waals surface area (Å²) in [5, 5.41) is 0. The summed E-state index contributed by atoms with van der Waals surface area (Å²) in [6, 6.07) is -1.26. The standard InChI is InChI=1S/C17H25F2N3O6/c1-5-11(23)26-10(4)13-14(27-12(24)6-2)17(18,19)15(28-13)22(16(21)25)8-7-9(3)20/h7-8,10,13-15H,3,5-6,20H2,1-2,4H3,(H2,21,25)/b8-7-/t10-,13+,14+,15+/m0/s1. The van der Waals surface area contributed by atoms with Crippen LogP contribution < -0.4 is 11.5 Å². The lowest BCUT2D eigenvalue weighted by Crippen LogP contribution is -2.52. The van der Waals surface area contributed by atoms with Gasteiger partial charge >= 0.3 is 23.9 Å². The summed E-state index contributed by atoms with van der Waals surface area (Å²) in [4.78, 5) is 35.3. The molecule has 2 amide bonds. The Balaban J connectivity index is 3.28. The number of nitrogens with zero attached hydrogens (tertiary/aromatic N) is 1. The maximum absolute atomic E-state index is 15.1. The summed E-state index contributed by atoms with van der Waals surface area (Å²) in [5.41, 5.74) is 10.5. The summed E-state index contributed by atoms with van der Waals surface area (Å²) in [6.45, 7) is 7.62. The highest BCUT2D eigenvalue weighted by atomic mass is 19.3. The van der Waals surface area contributed by atoms with Crippen molar-refractivity contribution in [2.45, 2.75) is 64.1 Å². The Morgan fingerprint density at radius 3 is 2.29 bits per heavy atom. The average molecular weight is 405 g/mol. The van der Waals surface area contributed by atoms with Gasteiger partial charge in [0.2, 0.25) is 6.23 Å². The largest absolute Gasteiger partial charge is 0.460 e. The van der Waals surface area contributed by atoms with Crippen molar-refractivity contribution in [2.75, 3.05) is 0 Å². The third-order valence-electron chi connectivity index (χ3n) is 3.87. The highest BCUT2D eigenvalue weighted by Crippen LogP contribution is 2.42. The van der Waals surface area contributed by atoms with E-state index in [4.69, 9.17) is 25.7 Å². The van der Waals surface area contributed by atoms with Gasteiger partial charge in [0.1, 0.15) is 12.2 Å². The molecule has 0 aromatic carbocycles. The number of ether oxygens (including phenoxy) is 3. The molecule has 4 N–H and O–H groups in total. The maximum Gasteiger partial charge on any atom is 0.331 e. The molecule has 0 bridgehead atoms. The molecule has 0 radical (unpaired) electrons. The summed E-state index contributed by atoms with van der Waals surface area (Å²) in [6.07, 6.45) is -5.27. The molecule has 1 aliphatic rings. The molecule has 0 spiro atoms. The minimum absolute atomic E-state index is 0.00502. The zero-order chi connectivity index (χ0) is 21.6. The third-order valence-corrected chi connectivity index (χ3v) is 3.87. The van der Waals surface area contributed by atoms with E-state index in [2.05, 4.69) is 6.58 Å². The number of hydrogen-bond donors (Lipinski definition) is 2. The number of alkyl halides is 2. The molecular weight excluding hydrogens is 380 g/mol. The molecule has 1 rings (SSSR count). The number of rotatable bonds is 8. The van der Waals surface area contributed by atoms with Crippen LogP contribution in [0.2, 0.25) is 0 Å². The molecule has 1 aliphatic heterocycles. The highest BCUT2D eigenvalue weighted by Gasteiger charge is 2.65. The monoisotopic (exact) mass is 405 g/mol. The highest BCUT2D eigenvalue weighted by molar-refractivity contribution is 5.74. The smallest absolute Gasteiger partial charge is 0.331 e. The summed E-state index contributed by atoms with van der Waals surface area (Å²) < 4.78 is 45.3. The van der Waals surface area contributed by atoms with Crippen molar-refractivity contribution in [3.05, 3.63) is 24.6 Å². The van der Waals surface area contributed by atoms with Gasteiger partial charge in [0, 0.05) is 24.7 Å². The summed E-state index contributed by atoms with van der Waals surface area (Å²) in [5.74, 6) is -5.43. The normalized spacial score (nSPS) is 24.5. The molecule has 11 heteroatoms. The van der Waals surface area contributed by atoms with Gasteiger partial charge in [0.25, 0.3) is 0 Å². The van der Waals surface area contributed by atoms with Crippen LogP contribution >= 0.6 is 0 Å². The first-order chi connectivity index (χ1) is 12.9. The molecule has 0 aromatic heterocycles. The molecule has 0 aromatic rings. The fraction of sp³-hybridized carbons (Fsp3) is 0.588. The van der Waals surface area contributed by atoms with Crippen molar-refractivity contribution < 1.29 is 37.4 Å². The SMILES string of the molecule is C=C(N)/C=C\N(C(N)=O)[C@@H]1O[C@H]([C@H](C)OC(=O)CC)[C@@H](OC(=O)CC)C1(F)F. The number of hydrogen-bond acceptors (Lipinski definition) is 7. The van der Waals surface area contributed by atoms with Crippen LogP contribution in [0.3, 0.4) is 0 Å². The quantitative estimate of drug-likeness (QED) is 0.460. The maximum atomic E-state index is 15.1. The molecule has 1 heterocycles. The van der Waals surface area contributed by atoms with E-state index < -0.39 is 48.4 Å². The minimum atomic E-state index is -3.86. The number of allylic oxidation sites excluding steroid dienone is 1. The van der Waals surface area contributed by atoms with E-state index in [1.807, 2.05) is 0 Å². The Morgan fingerprint density at radius 2 is 1.82 bits per heavy atom. The predicted molar refractivity (Wildman–Crippen MR) is 93.5 cm³/mol. The number of carbonyl (C=O) groups excluding carboxylic acids is 3. The molecular formula is C17H25F2N3O6. The van der Waals surface area contributed by atoms with Crippen LogP contribution in [0.25, 0.3) is 0 Å². The average Bonchev–Trinajstić information content (AvgIpc) is 2.85. The topological polar surface area (TPSA) is 134 Å². The van der Waals surface area contributed by atoms with Gasteiger partial charge in [-0.15, -0.1) is 0 Å². The van der Waals surface area contributed by atoms with Crippen LogP contribution in [-0.2, 0) is 23.8 Å². The van der Waals surface area contributed by atoms with Crippen LogP contribution in [0, 0.1) is 0 Å². The van der Waals surface area contributed by atoms with Crippen LogP contribution in [0.1, 0.15) is 33.6 Å². The van der Waals surface area contributed by atoms with E-state index in [9.17, 15) is 14.4 Å². The lowest BCUT2D eigenvalue weighted by Gasteiger charge is -2.28. The van der Waals surface area contributed by atoms with Crippen molar-refractivity contribution in [1.82, 2.24) is 4.90 Å². The van der Waals surface area contributed by atoms with E-state index in [0.717, 1.165) is 12.3 Å². The van der Waals surface area contributed by atoms with Crippen molar-refractivity contribution in [2.24, 2.45) is 11.5 Å². The molecule has 0 saturated carbocycles. The Labute approximate surface area is 161 Å². The number of nitrogens with two attached hydrogens (primary N) is 2. The Kier molecular flexibility index (Phi) is 7.91. The second-order valence-electron chi connectivity index (χ2n) is 6.08. The van der Waals surface area contributed by atoms with Crippen LogP contribution in [0.15, 0.2) is 24.6 Å². The van der Waals surface area contributed by atoms with Gasteiger partial charge in [-0.1, -0.05) is 20.4 Å². The van der Waals surface area contributed by atoms with E-state index in [0.29, 0.717) is 4.90 Å². The van der Waals surface area contributed by atoms with Crippen molar-refractivity contribution in [3.63, 3.8) is 0 Å². The molecule has 1 fully saturated rings. The molecule has 158 valence electrons. The summed E-state index contributed by atoms with van der Waals surface area (Å²) >= 11 is 0. The number of amides is 2. The van der Waals surface area contributed by atoms with E-state index >= 15 is 8.78 Å². The van der Waals surface area contributed by atoms with Crippen LogP contribution in [-0.4, -0.2) is 53.3 Å². The van der Waals surface area contributed by atoms with E-state index in [1.54, 1.807) is 0 Å². The Hall–Kier alpha value is -2.69. The van der Waals surface area contributed by atoms with Gasteiger partial charge in [0.15, 0.2) is 6.10 Å². The molecule has 4 atom stereocenters. The molecule has 1 saturated heterocycles. The van der Waals surface area contributed by atoms with Crippen molar-refractivity contribution in [3.8, 4) is 0 Å². The van der Waals surface area contributed by atoms with Gasteiger partial charge in [-0.25, -0.2) is 4.79 Å². The van der Waals surface area contributed by atoms with Gasteiger partial charge < -0.3 is 25.7 Å². The van der Waals surface area contributed by atoms with Gasteiger partial charge in [-0.2, -0.15) is 8.78 Å². The molecule has 0 unspecified atom stereocenters. The van der Waals surface area contributed by atoms with Crippen LogP contribution in [0.5, 0.6) is 0 Å². The second kappa shape index (κ2) is 9.49. The van der Waals surface area contributed by atoms with Crippen molar-refractivity contribution >= 4 is 18.0 Å². The second-order valence-corrected chi connectivity index (χ2v) is 6.08. The number of urea groups is 1. The predicted octanol–water partition coefficient (Wildman–Crippen LogP) is 1.38. The first-order valence-corrected chi connectivity index (χ1v) is 8.58.